The second-order valence-corrected chi connectivity index (χ2v) is 15.0. The first-order valence-electron chi connectivity index (χ1n) is 16.7. The van der Waals surface area contributed by atoms with Crippen LogP contribution in [0.2, 0.25) is 0 Å². The number of fused-ring (bicyclic) bond motifs is 10. The largest absolute Gasteiger partial charge is 0.456 e. The number of H-pyrrole nitrogens is 1. The van der Waals surface area contributed by atoms with Gasteiger partial charge in [0.15, 0.2) is 5.82 Å². The van der Waals surface area contributed by atoms with E-state index in [1.807, 2.05) is 17.4 Å². The highest BCUT2D eigenvalue weighted by Crippen LogP contribution is 2.44. The topological polar surface area (TPSA) is 54.7 Å². The lowest BCUT2D eigenvalue weighted by Crippen LogP contribution is -2.10. The summed E-state index contributed by atoms with van der Waals surface area (Å²) in [7, 11) is 0. The first-order chi connectivity index (χ1) is 23.9. The summed E-state index contributed by atoms with van der Waals surface area (Å²) in [6, 6.07) is 45.1. The summed E-state index contributed by atoms with van der Waals surface area (Å²) in [5.74, 6) is 0.690. The molecular formula is C44H31N3OS. The predicted octanol–water partition coefficient (Wildman–Crippen LogP) is 12.7. The maximum absolute atomic E-state index is 6.49. The molecule has 0 atom stereocenters. The molecular weight excluding hydrogens is 619 g/mol. The van der Waals surface area contributed by atoms with Crippen molar-refractivity contribution < 1.29 is 4.42 Å². The maximum Gasteiger partial charge on any atom is 0.160 e. The van der Waals surface area contributed by atoms with Crippen LogP contribution in [0.1, 0.15) is 26.3 Å². The first-order valence-corrected chi connectivity index (χ1v) is 17.5. The van der Waals surface area contributed by atoms with Gasteiger partial charge in [-0.25, -0.2) is 9.97 Å². The van der Waals surface area contributed by atoms with Crippen molar-refractivity contribution in [3.63, 3.8) is 0 Å². The molecule has 0 saturated carbocycles. The number of aromatic nitrogens is 3. The molecule has 49 heavy (non-hydrogen) atoms. The molecule has 234 valence electrons. The third kappa shape index (κ3) is 4.50. The highest BCUT2D eigenvalue weighted by Gasteiger charge is 2.20. The SMILES string of the molecule is CC(C)(C)c1ccc2sc3ccc4oc5ccc(-c6cc(-c7ccccc7)nc(-c7ccc8c(c7)[nH]c7ccccc78)n6)cc5c4c3c2c1. The van der Waals surface area contributed by atoms with Crippen molar-refractivity contribution in [1.82, 2.24) is 15.0 Å². The summed E-state index contributed by atoms with van der Waals surface area (Å²) < 4.78 is 9.05. The smallest absolute Gasteiger partial charge is 0.160 e. The van der Waals surface area contributed by atoms with E-state index in [-0.39, 0.29) is 5.41 Å². The minimum absolute atomic E-state index is 0.0576. The van der Waals surface area contributed by atoms with E-state index >= 15 is 0 Å². The molecule has 0 unspecified atom stereocenters. The van der Waals surface area contributed by atoms with E-state index < -0.39 is 0 Å². The van der Waals surface area contributed by atoms with Crippen LogP contribution in [0.4, 0.5) is 0 Å². The van der Waals surface area contributed by atoms with Gasteiger partial charge in [0.2, 0.25) is 0 Å². The Morgan fingerprint density at radius 3 is 2.12 bits per heavy atom. The number of benzene rings is 6. The lowest BCUT2D eigenvalue weighted by molar-refractivity contribution is 0.591. The molecule has 0 aliphatic heterocycles. The number of hydrogen-bond donors (Lipinski definition) is 1. The van der Waals surface area contributed by atoms with Crippen molar-refractivity contribution >= 4 is 75.3 Å². The van der Waals surface area contributed by atoms with E-state index in [0.717, 1.165) is 61.1 Å². The molecule has 0 fully saturated rings. The van der Waals surface area contributed by atoms with Gasteiger partial charge in [-0.15, -0.1) is 11.3 Å². The Labute approximate surface area is 286 Å². The van der Waals surface area contributed by atoms with Gasteiger partial charge < -0.3 is 9.40 Å². The van der Waals surface area contributed by atoms with Gasteiger partial charge in [-0.1, -0.05) is 87.5 Å². The van der Waals surface area contributed by atoms with Crippen molar-refractivity contribution in [1.29, 1.82) is 0 Å². The highest BCUT2D eigenvalue weighted by atomic mass is 32.1. The number of hydrogen-bond acceptors (Lipinski definition) is 4. The Morgan fingerprint density at radius 2 is 1.27 bits per heavy atom. The predicted molar refractivity (Wildman–Crippen MR) is 207 cm³/mol. The molecule has 4 nitrogen and oxygen atoms in total. The van der Waals surface area contributed by atoms with Crippen molar-refractivity contribution in [3.8, 4) is 33.9 Å². The minimum Gasteiger partial charge on any atom is -0.456 e. The van der Waals surface area contributed by atoms with Gasteiger partial charge in [0.25, 0.3) is 0 Å². The van der Waals surface area contributed by atoms with Crippen molar-refractivity contribution in [2.75, 3.05) is 0 Å². The number of para-hydroxylation sites is 1. The summed E-state index contributed by atoms with van der Waals surface area (Å²) in [6.07, 6.45) is 0. The monoisotopic (exact) mass is 649 g/mol. The molecule has 0 aliphatic carbocycles. The van der Waals surface area contributed by atoms with Crippen LogP contribution in [0.25, 0.3) is 97.8 Å². The molecule has 5 heteroatoms. The standard InChI is InChI=1S/C44H31N3OS/c1-44(2,3)28-15-19-39-32(23-28)42-40(49-39)20-18-38-41(42)31-21-26(14-17-37(31)48-38)35-24-34(25-9-5-4-6-10-25)46-43(47-35)27-13-16-30-29-11-7-8-12-33(29)45-36(30)22-27/h4-24,45H,1-3H3. The fourth-order valence-electron chi connectivity index (χ4n) is 7.24. The van der Waals surface area contributed by atoms with Crippen LogP contribution in [0.5, 0.6) is 0 Å². The van der Waals surface area contributed by atoms with E-state index in [1.54, 1.807) is 0 Å². The summed E-state index contributed by atoms with van der Waals surface area (Å²) >= 11 is 1.84. The summed E-state index contributed by atoms with van der Waals surface area (Å²) in [5, 5.41) is 7.21. The van der Waals surface area contributed by atoms with Gasteiger partial charge in [0.1, 0.15) is 11.2 Å². The zero-order chi connectivity index (χ0) is 32.9. The summed E-state index contributed by atoms with van der Waals surface area (Å²) in [5.41, 5.74) is 10.2. The number of furan rings is 1. The van der Waals surface area contributed by atoms with Crippen LogP contribution in [0, 0.1) is 0 Å². The molecule has 4 heterocycles. The molecule has 10 aromatic rings. The zero-order valence-corrected chi connectivity index (χ0v) is 28.2. The van der Waals surface area contributed by atoms with Crippen LogP contribution in [0.15, 0.2) is 132 Å². The lowest BCUT2D eigenvalue weighted by atomic mass is 9.86. The Balaban J connectivity index is 1.20. The molecule has 0 bridgehead atoms. The molecule has 0 spiro atoms. The highest BCUT2D eigenvalue weighted by molar-refractivity contribution is 7.26. The molecule has 10 rings (SSSR count). The van der Waals surface area contributed by atoms with E-state index in [0.29, 0.717) is 5.82 Å². The molecule has 6 aromatic carbocycles. The third-order valence-corrected chi connectivity index (χ3v) is 10.9. The fraction of sp³-hybridized carbons (Fsp3) is 0.0909. The number of nitrogens with one attached hydrogen (secondary N) is 1. The van der Waals surface area contributed by atoms with Crippen LogP contribution < -0.4 is 0 Å². The van der Waals surface area contributed by atoms with Crippen LogP contribution in [0.3, 0.4) is 0 Å². The second kappa shape index (κ2) is 10.4. The summed E-state index contributed by atoms with van der Waals surface area (Å²) in [6.45, 7) is 6.82. The number of nitrogens with zero attached hydrogens (tertiary/aromatic N) is 2. The van der Waals surface area contributed by atoms with Gasteiger partial charge in [0, 0.05) is 69.4 Å². The van der Waals surface area contributed by atoms with E-state index in [9.17, 15) is 0 Å². The normalized spacial score (nSPS) is 12.4. The summed E-state index contributed by atoms with van der Waals surface area (Å²) in [4.78, 5) is 13.9. The molecule has 0 saturated heterocycles. The molecule has 4 aromatic heterocycles. The lowest BCUT2D eigenvalue weighted by Gasteiger charge is -2.18. The van der Waals surface area contributed by atoms with Crippen molar-refractivity contribution in [3.05, 3.63) is 133 Å². The zero-order valence-electron chi connectivity index (χ0n) is 27.3. The average molecular weight is 650 g/mol. The van der Waals surface area contributed by atoms with E-state index in [2.05, 4.69) is 147 Å². The average Bonchev–Trinajstić information content (AvgIpc) is 3.81. The number of rotatable bonds is 3. The Morgan fingerprint density at radius 1 is 0.531 bits per heavy atom. The molecule has 0 aliphatic rings. The Bertz CT molecular complexity index is 2920. The van der Waals surface area contributed by atoms with Crippen LogP contribution in [-0.2, 0) is 5.41 Å². The minimum atomic E-state index is 0.0576. The van der Waals surface area contributed by atoms with Gasteiger partial charge in [-0.3, -0.25) is 0 Å². The molecule has 0 radical (unpaired) electrons. The molecule has 1 N–H and O–H groups in total. The second-order valence-electron chi connectivity index (χ2n) is 13.9. The van der Waals surface area contributed by atoms with Crippen LogP contribution in [-0.4, -0.2) is 15.0 Å². The van der Waals surface area contributed by atoms with Gasteiger partial charge in [-0.2, -0.15) is 0 Å². The fourth-order valence-corrected chi connectivity index (χ4v) is 8.33. The number of aromatic amines is 1. The van der Waals surface area contributed by atoms with Gasteiger partial charge >= 0.3 is 0 Å². The van der Waals surface area contributed by atoms with Gasteiger partial charge in [-0.05, 0) is 71.6 Å². The van der Waals surface area contributed by atoms with Crippen molar-refractivity contribution in [2.24, 2.45) is 0 Å². The van der Waals surface area contributed by atoms with Crippen molar-refractivity contribution in [2.45, 2.75) is 26.2 Å². The first kappa shape index (κ1) is 28.3. The Kier molecular flexibility index (Phi) is 5.97. The van der Waals surface area contributed by atoms with Crippen LogP contribution >= 0.6 is 11.3 Å². The van der Waals surface area contributed by atoms with E-state index in [1.165, 1.54) is 36.5 Å². The third-order valence-electron chi connectivity index (χ3n) is 9.79. The quantitative estimate of drug-likeness (QED) is 0.207. The Hall–Kier alpha value is -5.78. The molecule has 0 amide bonds. The maximum atomic E-state index is 6.49. The number of thiophene rings is 1. The van der Waals surface area contributed by atoms with Gasteiger partial charge in [0.05, 0.1) is 11.4 Å². The van der Waals surface area contributed by atoms with E-state index in [4.69, 9.17) is 14.4 Å².